The number of benzene rings is 1. The third-order valence-electron chi connectivity index (χ3n) is 2.88. The van der Waals surface area contributed by atoms with Crippen molar-refractivity contribution in [3.8, 4) is 0 Å². The van der Waals surface area contributed by atoms with E-state index in [1.807, 2.05) is 0 Å². The Bertz CT molecular complexity index is 488. The Morgan fingerprint density at radius 3 is 2.58 bits per heavy atom. The summed E-state index contributed by atoms with van der Waals surface area (Å²) in [7, 11) is -3.46. The van der Waals surface area contributed by atoms with Gasteiger partial charge in [-0.15, -0.1) is 0 Å². The summed E-state index contributed by atoms with van der Waals surface area (Å²) in [5.74, 6) is 0. The van der Waals surface area contributed by atoms with Gasteiger partial charge >= 0.3 is 0 Å². The number of likely N-dealkylation sites (N-methyl/N-ethyl adjacent to an activating group) is 1. The first kappa shape index (κ1) is 15.9. The highest BCUT2D eigenvalue weighted by Crippen LogP contribution is 2.12. The van der Waals surface area contributed by atoms with Crippen LogP contribution in [0.4, 0.5) is 5.69 Å². The van der Waals surface area contributed by atoms with E-state index in [1.165, 1.54) is 6.07 Å². The molecule has 108 valence electrons. The lowest BCUT2D eigenvalue weighted by Gasteiger charge is -2.19. The number of nitrogens with two attached hydrogens (primary N) is 1. The number of nitrogen functional groups attached to an aromatic ring is 1. The van der Waals surface area contributed by atoms with E-state index in [1.54, 1.807) is 18.2 Å². The van der Waals surface area contributed by atoms with E-state index in [0.29, 0.717) is 18.8 Å². The van der Waals surface area contributed by atoms with Gasteiger partial charge in [0.2, 0.25) is 10.0 Å². The van der Waals surface area contributed by atoms with Crippen LogP contribution >= 0.6 is 0 Å². The summed E-state index contributed by atoms with van der Waals surface area (Å²) in [5, 5.41) is 0. The average Bonchev–Trinajstić information content (AvgIpc) is 2.37. The maximum absolute atomic E-state index is 12.0. The molecule has 3 N–H and O–H groups in total. The molecule has 0 aliphatic heterocycles. The number of hydrogen-bond acceptors (Lipinski definition) is 4. The van der Waals surface area contributed by atoms with Gasteiger partial charge in [-0.1, -0.05) is 19.9 Å². The average molecular weight is 285 g/mol. The molecule has 1 aromatic carbocycles. The van der Waals surface area contributed by atoms with Gasteiger partial charge in [-0.25, -0.2) is 13.1 Å². The summed E-state index contributed by atoms with van der Waals surface area (Å²) < 4.78 is 26.7. The standard InChI is InChI=1S/C13H23N3O2S/c1-3-9-16(4-2)10-8-15-19(17,18)13-7-5-6-12(14)11-13/h5-7,11,15H,3-4,8-10,14H2,1-2H3. The Balaban J connectivity index is 2.56. The van der Waals surface area contributed by atoms with Crippen molar-refractivity contribution < 1.29 is 8.42 Å². The molecule has 0 saturated carbocycles. The highest BCUT2D eigenvalue weighted by molar-refractivity contribution is 7.89. The van der Waals surface area contributed by atoms with Crippen LogP contribution < -0.4 is 10.5 Å². The maximum Gasteiger partial charge on any atom is 0.240 e. The molecule has 6 heteroatoms. The van der Waals surface area contributed by atoms with Crippen molar-refractivity contribution in [2.24, 2.45) is 0 Å². The molecule has 0 bridgehead atoms. The minimum absolute atomic E-state index is 0.214. The third-order valence-corrected chi connectivity index (χ3v) is 4.33. The van der Waals surface area contributed by atoms with E-state index in [-0.39, 0.29) is 4.90 Å². The minimum atomic E-state index is -3.46. The molecule has 0 spiro atoms. The number of sulfonamides is 1. The third kappa shape index (κ3) is 5.18. The summed E-state index contributed by atoms with van der Waals surface area (Å²) in [6.07, 6.45) is 1.07. The Morgan fingerprint density at radius 2 is 2.00 bits per heavy atom. The molecule has 0 radical (unpaired) electrons. The lowest BCUT2D eigenvalue weighted by molar-refractivity contribution is 0.293. The molecule has 1 rings (SSSR count). The number of nitrogens with zero attached hydrogens (tertiary/aromatic N) is 1. The zero-order chi connectivity index (χ0) is 14.3. The van der Waals surface area contributed by atoms with Crippen LogP contribution in [0.25, 0.3) is 0 Å². The van der Waals surface area contributed by atoms with Crippen LogP contribution in [0, 0.1) is 0 Å². The quantitative estimate of drug-likeness (QED) is 0.706. The lowest BCUT2D eigenvalue weighted by Crippen LogP contribution is -2.35. The minimum Gasteiger partial charge on any atom is -0.399 e. The van der Waals surface area contributed by atoms with Crippen LogP contribution in [-0.2, 0) is 10.0 Å². The molecule has 19 heavy (non-hydrogen) atoms. The molecule has 0 aliphatic carbocycles. The van der Waals surface area contributed by atoms with E-state index in [2.05, 4.69) is 23.5 Å². The molecular weight excluding hydrogens is 262 g/mol. The number of anilines is 1. The smallest absolute Gasteiger partial charge is 0.240 e. The highest BCUT2D eigenvalue weighted by Gasteiger charge is 2.13. The van der Waals surface area contributed by atoms with Crippen molar-refractivity contribution in [2.75, 3.05) is 31.9 Å². The molecule has 0 heterocycles. The van der Waals surface area contributed by atoms with Gasteiger partial charge in [0.1, 0.15) is 0 Å². The fourth-order valence-corrected chi connectivity index (χ4v) is 2.92. The van der Waals surface area contributed by atoms with Gasteiger partial charge in [0.15, 0.2) is 0 Å². The Hall–Kier alpha value is -1.11. The molecule has 0 fully saturated rings. The first-order valence-corrected chi connectivity index (χ1v) is 8.05. The van der Waals surface area contributed by atoms with Gasteiger partial charge in [0.05, 0.1) is 4.90 Å². The van der Waals surface area contributed by atoms with Gasteiger partial charge in [0.25, 0.3) is 0 Å². The monoisotopic (exact) mass is 285 g/mol. The molecule has 0 aliphatic rings. The zero-order valence-corrected chi connectivity index (χ0v) is 12.4. The van der Waals surface area contributed by atoms with Crippen LogP contribution in [0.2, 0.25) is 0 Å². The van der Waals surface area contributed by atoms with E-state index in [0.717, 1.165) is 19.5 Å². The summed E-state index contributed by atoms with van der Waals surface area (Å²) in [6, 6.07) is 6.31. The van der Waals surface area contributed by atoms with Crippen molar-refractivity contribution in [3.63, 3.8) is 0 Å². The molecule has 5 nitrogen and oxygen atoms in total. The van der Waals surface area contributed by atoms with Crippen LogP contribution in [0.15, 0.2) is 29.2 Å². The van der Waals surface area contributed by atoms with E-state index in [4.69, 9.17) is 5.73 Å². The fraction of sp³-hybridized carbons (Fsp3) is 0.538. The number of rotatable bonds is 8. The van der Waals surface area contributed by atoms with Crippen LogP contribution in [0.5, 0.6) is 0 Å². The van der Waals surface area contributed by atoms with Crippen molar-refractivity contribution in [2.45, 2.75) is 25.2 Å². The van der Waals surface area contributed by atoms with Crippen molar-refractivity contribution in [1.82, 2.24) is 9.62 Å². The fourth-order valence-electron chi connectivity index (χ4n) is 1.85. The Morgan fingerprint density at radius 1 is 1.26 bits per heavy atom. The normalized spacial score (nSPS) is 11.9. The number of nitrogens with one attached hydrogen (secondary N) is 1. The van der Waals surface area contributed by atoms with Crippen LogP contribution in [-0.4, -0.2) is 39.5 Å². The van der Waals surface area contributed by atoms with Crippen LogP contribution in [0.3, 0.4) is 0 Å². The predicted molar refractivity (Wildman–Crippen MR) is 78.4 cm³/mol. The van der Waals surface area contributed by atoms with Crippen molar-refractivity contribution in [1.29, 1.82) is 0 Å². The largest absolute Gasteiger partial charge is 0.399 e. The first-order valence-electron chi connectivity index (χ1n) is 6.57. The number of hydrogen-bond donors (Lipinski definition) is 2. The van der Waals surface area contributed by atoms with Gasteiger partial charge in [-0.05, 0) is 37.7 Å². The molecule has 0 atom stereocenters. The van der Waals surface area contributed by atoms with Gasteiger partial charge < -0.3 is 10.6 Å². The SMILES string of the molecule is CCCN(CC)CCNS(=O)(=O)c1cccc(N)c1. The first-order chi connectivity index (χ1) is 8.99. The predicted octanol–water partition coefficient (Wildman–Crippen LogP) is 1.28. The topological polar surface area (TPSA) is 75.4 Å². The second-order valence-corrected chi connectivity index (χ2v) is 6.17. The summed E-state index contributed by atoms with van der Waals surface area (Å²) in [6.45, 7) is 7.21. The molecule has 0 aromatic heterocycles. The van der Waals surface area contributed by atoms with E-state index in [9.17, 15) is 8.42 Å². The molecule has 0 unspecified atom stereocenters. The second-order valence-electron chi connectivity index (χ2n) is 4.40. The zero-order valence-electron chi connectivity index (χ0n) is 11.6. The molecule has 1 aromatic rings. The Kier molecular flexibility index (Phi) is 6.27. The summed E-state index contributed by atoms with van der Waals surface area (Å²) in [5.41, 5.74) is 6.04. The summed E-state index contributed by atoms with van der Waals surface area (Å²) >= 11 is 0. The lowest BCUT2D eigenvalue weighted by atomic mass is 10.3. The molecule has 0 amide bonds. The second kappa shape index (κ2) is 7.47. The van der Waals surface area contributed by atoms with Gasteiger partial charge in [-0.3, -0.25) is 0 Å². The van der Waals surface area contributed by atoms with Crippen LogP contribution in [0.1, 0.15) is 20.3 Å². The Labute approximate surface area is 115 Å². The molecule has 0 saturated heterocycles. The molecular formula is C13H23N3O2S. The van der Waals surface area contributed by atoms with Crippen molar-refractivity contribution in [3.05, 3.63) is 24.3 Å². The van der Waals surface area contributed by atoms with Gasteiger partial charge in [-0.2, -0.15) is 0 Å². The van der Waals surface area contributed by atoms with Crippen molar-refractivity contribution >= 4 is 15.7 Å². The highest BCUT2D eigenvalue weighted by atomic mass is 32.2. The van der Waals surface area contributed by atoms with E-state index < -0.39 is 10.0 Å². The maximum atomic E-state index is 12.0. The van der Waals surface area contributed by atoms with E-state index >= 15 is 0 Å². The summed E-state index contributed by atoms with van der Waals surface area (Å²) in [4.78, 5) is 2.42. The van der Waals surface area contributed by atoms with Gasteiger partial charge in [0, 0.05) is 18.8 Å².